The van der Waals surface area contributed by atoms with E-state index in [1.807, 2.05) is 29.2 Å². The van der Waals surface area contributed by atoms with Gasteiger partial charge in [-0.15, -0.1) is 0 Å². The summed E-state index contributed by atoms with van der Waals surface area (Å²) in [6, 6.07) is 7.66. The van der Waals surface area contributed by atoms with Crippen molar-refractivity contribution < 1.29 is 4.79 Å². The van der Waals surface area contributed by atoms with Gasteiger partial charge in [0, 0.05) is 11.6 Å². The van der Waals surface area contributed by atoms with Crippen LogP contribution in [-0.2, 0) is 4.79 Å². The van der Waals surface area contributed by atoms with Crippen LogP contribution < -0.4 is 5.32 Å². The van der Waals surface area contributed by atoms with Gasteiger partial charge >= 0.3 is 0 Å². The Hall–Kier alpha value is -1.06. The van der Waals surface area contributed by atoms with Gasteiger partial charge in [-0.1, -0.05) is 37.6 Å². The van der Waals surface area contributed by atoms with Crippen LogP contribution in [0.3, 0.4) is 0 Å². The lowest BCUT2D eigenvalue weighted by atomic mass is 10.1. The lowest BCUT2D eigenvalue weighted by molar-refractivity contribution is -0.128. The molecule has 1 aromatic carbocycles. The Bertz CT molecular complexity index is 420. The molecule has 4 heteroatoms. The van der Waals surface area contributed by atoms with E-state index in [9.17, 15) is 4.79 Å². The predicted molar refractivity (Wildman–Crippen MR) is 68.7 cm³/mol. The van der Waals surface area contributed by atoms with Gasteiger partial charge in [-0.25, -0.2) is 0 Å². The number of nitrogens with zero attached hydrogens (tertiary/aromatic N) is 1. The van der Waals surface area contributed by atoms with Crippen LogP contribution in [0.1, 0.15) is 25.6 Å². The summed E-state index contributed by atoms with van der Waals surface area (Å²) in [4.78, 5) is 13.7. The van der Waals surface area contributed by atoms with Crippen LogP contribution in [0, 0.1) is 5.92 Å². The van der Waals surface area contributed by atoms with E-state index in [0.29, 0.717) is 17.5 Å². The molecule has 1 saturated heterocycles. The van der Waals surface area contributed by atoms with Crippen LogP contribution in [0.4, 0.5) is 0 Å². The van der Waals surface area contributed by atoms with Gasteiger partial charge in [-0.2, -0.15) is 0 Å². The molecule has 1 fully saturated rings. The average molecular weight is 253 g/mol. The van der Waals surface area contributed by atoms with E-state index in [2.05, 4.69) is 19.2 Å². The Morgan fingerprint density at radius 2 is 2.29 bits per heavy atom. The van der Waals surface area contributed by atoms with Crippen LogP contribution in [0.5, 0.6) is 0 Å². The van der Waals surface area contributed by atoms with E-state index in [0.717, 1.165) is 12.1 Å². The summed E-state index contributed by atoms with van der Waals surface area (Å²) in [7, 11) is 0. The maximum absolute atomic E-state index is 11.8. The van der Waals surface area contributed by atoms with Crippen LogP contribution in [-0.4, -0.2) is 23.9 Å². The van der Waals surface area contributed by atoms with Crippen LogP contribution in [0.2, 0.25) is 5.02 Å². The number of nitrogens with one attached hydrogen (secondary N) is 1. The van der Waals surface area contributed by atoms with Gasteiger partial charge in [0.15, 0.2) is 0 Å². The summed E-state index contributed by atoms with van der Waals surface area (Å²) in [6.07, 6.45) is -0.0383. The monoisotopic (exact) mass is 252 g/mol. The molecule has 17 heavy (non-hydrogen) atoms. The van der Waals surface area contributed by atoms with E-state index < -0.39 is 0 Å². The molecule has 0 radical (unpaired) electrons. The van der Waals surface area contributed by atoms with Crippen molar-refractivity contribution in [2.45, 2.75) is 20.0 Å². The number of amides is 1. The minimum atomic E-state index is -0.0383. The quantitative estimate of drug-likeness (QED) is 0.896. The summed E-state index contributed by atoms with van der Waals surface area (Å²) in [6.45, 7) is 5.40. The topological polar surface area (TPSA) is 32.3 Å². The highest BCUT2D eigenvalue weighted by atomic mass is 35.5. The van der Waals surface area contributed by atoms with Crippen molar-refractivity contribution in [3.8, 4) is 0 Å². The first-order chi connectivity index (χ1) is 8.08. The van der Waals surface area contributed by atoms with Gasteiger partial charge in [0.25, 0.3) is 0 Å². The van der Waals surface area contributed by atoms with E-state index in [-0.39, 0.29) is 12.1 Å². The van der Waals surface area contributed by atoms with Crippen LogP contribution in [0.25, 0.3) is 0 Å². The fourth-order valence-electron chi connectivity index (χ4n) is 2.11. The molecule has 1 aromatic rings. The minimum absolute atomic E-state index is 0.0383. The summed E-state index contributed by atoms with van der Waals surface area (Å²) >= 11 is 5.98. The molecule has 1 atom stereocenters. The molecule has 3 nitrogen and oxygen atoms in total. The maximum atomic E-state index is 11.8. The van der Waals surface area contributed by atoms with E-state index in [4.69, 9.17) is 11.6 Å². The van der Waals surface area contributed by atoms with Gasteiger partial charge in [-0.05, 0) is 23.6 Å². The summed E-state index contributed by atoms with van der Waals surface area (Å²) < 4.78 is 0. The summed E-state index contributed by atoms with van der Waals surface area (Å²) in [5.74, 6) is 0.615. The number of benzene rings is 1. The van der Waals surface area contributed by atoms with Crippen LogP contribution in [0.15, 0.2) is 24.3 Å². The molecule has 0 aliphatic carbocycles. The number of rotatable bonds is 3. The van der Waals surface area contributed by atoms with E-state index in [1.54, 1.807) is 0 Å². The molecule has 1 unspecified atom stereocenters. The van der Waals surface area contributed by atoms with E-state index >= 15 is 0 Å². The molecule has 1 heterocycles. The third kappa shape index (κ3) is 2.79. The average Bonchev–Trinajstić information content (AvgIpc) is 2.60. The molecule has 1 amide bonds. The van der Waals surface area contributed by atoms with Crippen molar-refractivity contribution in [1.82, 2.24) is 10.2 Å². The largest absolute Gasteiger partial charge is 0.322 e. The van der Waals surface area contributed by atoms with Crippen molar-refractivity contribution in [3.63, 3.8) is 0 Å². The Labute approximate surface area is 107 Å². The molecule has 0 aromatic heterocycles. The Kier molecular flexibility index (Phi) is 3.69. The number of halogens is 1. The lowest BCUT2D eigenvalue weighted by Gasteiger charge is -2.26. The van der Waals surface area contributed by atoms with Gasteiger partial charge in [0.2, 0.25) is 5.91 Å². The third-order valence-electron chi connectivity index (χ3n) is 2.80. The molecule has 1 aliphatic heterocycles. The highest BCUT2D eigenvalue weighted by Gasteiger charge is 2.31. The maximum Gasteiger partial charge on any atom is 0.238 e. The van der Waals surface area contributed by atoms with Crippen molar-refractivity contribution in [3.05, 3.63) is 34.9 Å². The highest BCUT2D eigenvalue weighted by Crippen LogP contribution is 2.25. The molecule has 2 rings (SSSR count). The Morgan fingerprint density at radius 1 is 1.53 bits per heavy atom. The Balaban J connectivity index is 2.22. The first-order valence-corrected chi connectivity index (χ1v) is 6.24. The minimum Gasteiger partial charge on any atom is -0.322 e. The van der Waals surface area contributed by atoms with Crippen LogP contribution >= 0.6 is 11.6 Å². The van der Waals surface area contributed by atoms with Crippen molar-refractivity contribution >= 4 is 17.5 Å². The lowest BCUT2D eigenvalue weighted by Crippen LogP contribution is -2.33. The molecule has 1 N–H and O–H groups in total. The smallest absolute Gasteiger partial charge is 0.238 e. The second-order valence-corrected chi connectivity index (χ2v) is 5.21. The van der Waals surface area contributed by atoms with Crippen molar-refractivity contribution in [2.24, 2.45) is 5.92 Å². The Morgan fingerprint density at radius 3 is 2.94 bits per heavy atom. The zero-order valence-electron chi connectivity index (χ0n) is 10.1. The number of hydrogen-bond acceptors (Lipinski definition) is 2. The zero-order valence-corrected chi connectivity index (χ0v) is 10.9. The summed E-state index contributed by atoms with van der Waals surface area (Å²) in [5.41, 5.74) is 1.05. The van der Waals surface area contributed by atoms with E-state index in [1.165, 1.54) is 0 Å². The third-order valence-corrected chi connectivity index (χ3v) is 3.04. The normalized spacial score (nSPS) is 20.4. The second kappa shape index (κ2) is 5.07. The second-order valence-electron chi connectivity index (χ2n) is 4.78. The standard InChI is InChI=1S/C13H17ClN2O/c1-9(2)8-16-12(17)7-15-13(16)10-4-3-5-11(14)6-10/h3-6,9,13,15H,7-8H2,1-2H3. The molecule has 92 valence electrons. The van der Waals surface area contributed by atoms with Gasteiger partial charge in [0.05, 0.1) is 6.54 Å². The number of carbonyl (C=O) groups is 1. The van der Waals surface area contributed by atoms with Crippen molar-refractivity contribution in [1.29, 1.82) is 0 Å². The predicted octanol–water partition coefficient (Wildman–Crippen LogP) is 2.43. The molecule has 1 aliphatic rings. The van der Waals surface area contributed by atoms with Crippen molar-refractivity contribution in [2.75, 3.05) is 13.1 Å². The molecular weight excluding hydrogens is 236 g/mol. The zero-order chi connectivity index (χ0) is 12.4. The first-order valence-electron chi connectivity index (χ1n) is 5.86. The molecular formula is C13H17ClN2O. The first kappa shape index (κ1) is 12.4. The fourth-order valence-corrected chi connectivity index (χ4v) is 2.31. The SMILES string of the molecule is CC(C)CN1C(=O)CNC1c1cccc(Cl)c1. The van der Waals surface area contributed by atoms with Gasteiger partial charge in [-0.3, -0.25) is 10.1 Å². The number of hydrogen-bond donors (Lipinski definition) is 1. The molecule has 0 spiro atoms. The molecule has 0 bridgehead atoms. The van der Waals surface area contributed by atoms with Gasteiger partial charge < -0.3 is 4.90 Å². The van der Waals surface area contributed by atoms with Gasteiger partial charge in [0.1, 0.15) is 6.17 Å². The fraction of sp³-hybridized carbons (Fsp3) is 0.462. The highest BCUT2D eigenvalue weighted by molar-refractivity contribution is 6.30. The number of carbonyl (C=O) groups excluding carboxylic acids is 1. The molecule has 0 saturated carbocycles. The summed E-state index contributed by atoms with van der Waals surface area (Å²) in [5, 5.41) is 3.93.